The van der Waals surface area contributed by atoms with Crippen molar-refractivity contribution in [1.82, 2.24) is 0 Å². The first-order valence-electron chi connectivity index (χ1n) is 6.69. The highest BCUT2D eigenvalue weighted by atomic mass is 14.4. The highest BCUT2D eigenvalue weighted by Gasteiger charge is 2.36. The minimum absolute atomic E-state index is 0.191. The van der Waals surface area contributed by atoms with E-state index < -0.39 is 0 Å². The summed E-state index contributed by atoms with van der Waals surface area (Å²) in [5.41, 5.74) is 7.51. The van der Waals surface area contributed by atoms with Gasteiger partial charge in [0.15, 0.2) is 0 Å². The lowest BCUT2D eigenvalue weighted by Gasteiger charge is -2.29. The number of hydrogen-bond acceptors (Lipinski definition) is 0. The van der Waals surface area contributed by atoms with Gasteiger partial charge in [-0.25, -0.2) is 0 Å². The lowest BCUT2D eigenvalue weighted by Crippen LogP contribution is -2.17. The summed E-state index contributed by atoms with van der Waals surface area (Å²) in [5.74, 6) is 0.462. The molecule has 92 valence electrons. The minimum Gasteiger partial charge on any atom is -0.0723 e. The van der Waals surface area contributed by atoms with E-state index in [-0.39, 0.29) is 5.41 Å². The highest BCUT2D eigenvalue weighted by Crippen LogP contribution is 2.51. The average molecular weight is 236 g/mol. The number of benzene rings is 1. The number of fused-ring (bicyclic) bond motifs is 1. The second kappa shape index (κ2) is 3.71. The largest absolute Gasteiger partial charge is 0.0723 e. The standard InChI is InChI=1S/C18H20/c1-12-11-17(18(3,4)13(12)2)16-10-9-14-7-5-6-8-15(14)16/h5-11,16H,1-4H3. The topological polar surface area (TPSA) is 0 Å². The van der Waals surface area contributed by atoms with Crippen LogP contribution in [0.4, 0.5) is 0 Å². The molecule has 18 heavy (non-hydrogen) atoms. The maximum absolute atomic E-state index is 2.40. The van der Waals surface area contributed by atoms with Gasteiger partial charge < -0.3 is 0 Å². The monoisotopic (exact) mass is 236 g/mol. The average Bonchev–Trinajstić information content (AvgIpc) is 2.85. The molecular weight excluding hydrogens is 216 g/mol. The second-order valence-electron chi connectivity index (χ2n) is 6.00. The molecule has 0 nitrogen and oxygen atoms in total. The molecule has 3 rings (SSSR count). The normalized spacial score (nSPS) is 24.4. The molecule has 0 N–H and O–H groups in total. The summed E-state index contributed by atoms with van der Waals surface area (Å²) >= 11 is 0. The lowest BCUT2D eigenvalue weighted by atomic mass is 9.74. The number of allylic oxidation sites excluding steroid dienone is 5. The van der Waals surface area contributed by atoms with Gasteiger partial charge in [0.05, 0.1) is 0 Å². The molecule has 1 aromatic rings. The summed E-state index contributed by atoms with van der Waals surface area (Å²) in [6.45, 7) is 9.19. The van der Waals surface area contributed by atoms with Gasteiger partial charge in [0, 0.05) is 11.3 Å². The van der Waals surface area contributed by atoms with Crippen LogP contribution < -0.4 is 0 Å². The van der Waals surface area contributed by atoms with Gasteiger partial charge in [0.2, 0.25) is 0 Å². The number of rotatable bonds is 1. The van der Waals surface area contributed by atoms with E-state index in [2.05, 4.69) is 70.2 Å². The van der Waals surface area contributed by atoms with Crippen molar-refractivity contribution in [3.63, 3.8) is 0 Å². The minimum atomic E-state index is 0.191. The van der Waals surface area contributed by atoms with Crippen molar-refractivity contribution in [3.8, 4) is 0 Å². The zero-order chi connectivity index (χ0) is 12.9. The van der Waals surface area contributed by atoms with E-state index >= 15 is 0 Å². The first kappa shape index (κ1) is 11.5. The van der Waals surface area contributed by atoms with E-state index in [1.165, 1.54) is 22.3 Å². The molecule has 2 aliphatic rings. The maximum atomic E-state index is 2.40. The molecule has 1 aromatic carbocycles. The van der Waals surface area contributed by atoms with Crippen LogP contribution in [0, 0.1) is 5.41 Å². The zero-order valence-corrected chi connectivity index (χ0v) is 11.6. The quantitative estimate of drug-likeness (QED) is 0.636. The van der Waals surface area contributed by atoms with Crippen molar-refractivity contribution in [2.75, 3.05) is 0 Å². The SMILES string of the molecule is CC1=C(C)C(C)(C)C(C2C=Cc3ccccc32)=C1. The van der Waals surface area contributed by atoms with E-state index in [0.29, 0.717) is 5.92 Å². The predicted molar refractivity (Wildman–Crippen MR) is 78.5 cm³/mol. The third-order valence-corrected chi connectivity index (χ3v) is 4.76. The van der Waals surface area contributed by atoms with Gasteiger partial charge in [0.25, 0.3) is 0 Å². The Morgan fingerprint density at radius 1 is 1.06 bits per heavy atom. The van der Waals surface area contributed by atoms with Crippen LogP contribution in [0.5, 0.6) is 0 Å². The van der Waals surface area contributed by atoms with Crippen molar-refractivity contribution < 1.29 is 0 Å². The second-order valence-corrected chi connectivity index (χ2v) is 6.00. The summed E-state index contributed by atoms with van der Waals surface area (Å²) in [6.07, 6.45) is 7.01. The molecule has 0 saturated heterocycles. The molecule has 1 atom stereocenters. The van der Waals surface area contributed by atoms with Crippen LogP contribution in [0.1, 0.15) is 44.7 Å². The molecule has 0 aliphatic heterocycles. The summed E-state index contributed by atoms with van der Waals surface area (Å²) in [4.78, 5) is 0. The third kappa shape index (κ3) is 1.45. The van der Waals surface area contributed by atoms with Gasteiger partial charge in [-0.3, -0.25) is 0 Å². The van der Waals surface area contributed by atoms with Crippen molar-refractivity contribution in [2.45, 2.75) is 33.6 Å². The summed E-state index contributed by atoms with van der Waals surface area (Å²) in [5, 5.41) is 0. The molecule has 0 amide bonds. The van der Waals surface area contributed by atoms with Gasteiger partial charge in [0.1, 0.15) is 0 Å². The van der Waals surface area contributed by atoms with Crippen LogP contribution >= 0.6 is 0 Å². The zero-order valence-electron chi connectivity index (χ0n) is 11.6. The number of hydrogen-bond donors (Lipinski definition) is 0. The Morgan fingerprint density at radius 3 is 2.44 bits per heavy atom. The maximum Gasteiger partial charge on any atom is 0.0249 e. The fourth-order valence-electron chi connectivity index (χ4n) is 3.23. The van der Waals surface area contributed by atoms with Gasteiger partial charge in [-0.2, -0.15) is 0 Å². The van der Waals surface area contributed by atoms with E-state index in [0.717, 1.165) is 0 Å². The molecule has 0 radical (unpaired) electrons. The van der Waals surface area contributed by atoms with Crippen LogP contribution in [0.3, 0.4) is 0 Å². The molecule has 1 unspecified atom stereocenters. The van der Waals surface area contributed by atoms with E-state index in [4.69, 9.17) is 0 Å². The molecule has 2 aliphatic carbocycles. The fourth-order valence-corrected chi connectivity index (χ4v) is 3.23. The molecule has 0 fully saturated rings. The van der Waals surface area contributed by atoms with Crippen LogP contribution in [-0.4, -0.2) is 0 Å². The summed E-state index contributed by atoms with van der Waals surface area (Å²) in [7, 11) is 0. The van der Waals surface area contributed by atoms with Gasteiger partial charge in [-0.05, 0) is 30.5 Å². The molecule has 0 spiro atoms. The molecular formula is C18H20. The van der Waals surface area contributed by atoms with Crippen molar-refractivity contribution in [2.24, 2.45) is 5.41 Å². The van der Waals surface area contributed by atoms with Crippen molar-refractivity contribution in [1.29, 1.82) is 0 Å². The van der Waals surface area contributed by atoms with Gasteiger partial charge >= 0.3 is 0 Å². The van der Waals surface area contributed by atoms with Crippen LogP contribution in [-0.2, 0) is 0 Å². The van der Waals surface area contributed by atoms with Crippen LogP contribution in [0.25, 0.3) is 6.08 Å². The first-order valence-corrected chi connectivity index (χ1v) is 6.69. The Kier molecular flexibility index (Phi) is 2.38. The van der Waals surface area contributed by atoms with Crippen molar-refractivity contribution in [3.05, 3.63) is 64.3 Å². The molecule has 0 bridgehead atoms. The Bertz CT molecular complexity index is 594. The first-order chi connectivity index (χ1) is 8.51. The highest BCUT2D eigenvalue weighted by molar-refractivity contribution is 5.67. The Labute approximate surface area is 110 Å². The van der Waals surface area contributed by atoms with E-state index in [1.54, 1.807) is 5.57 Å². The summed E-state index contributed by atoms with van der Waals surface area (Å²) in [6, 6.07) is 8.74. The lowest BCUT2D eigenvalue weighted by molar-refractivity contribution is 0.523. The van der Waals surface area contributed by atoms with E-state index in [9.17, 15) is 0 Å². The Balaban J connectivity index is 2.06. The molecule has 0 heteroatoms. The van der Waals surface area contributed by atoms with Crippen LogP contribution in [0.15, 0.2) is 53.1 Å². The predicted octanol–water partition coefficient (Wildman–Crippen LogP) is 5.10. The molecule has 0 aromatic heterocycles. The van der Waals surface area contributed by atoms with Crippen molar-refractivity contribution >= 4 is 6.08 Å². The van der Waals surface area contributed by atoms with Gasteiger partial charge in [-0.15, -0.1) is 0 Å². The smallest absolute Gasteiger partial charge is 0.0249 e. The third-order valence-electron chi connectivity index (χ3n) is 4.76. The summed E-state index contributed by atoms with van der Waals surface area (Å²) < 4.78 is 0. The van der Waals surface area contributed by atoms with E-state index in [1.807, 2.05) is 0 Å². The molecule has 0 heterocycles. The Hall–Kier alpha value is -1.56. The fraction of sp³-hybridized carbons (Fsp3) is 0.333. The molecule has 0 saturated carbocycles. The van der Waals surface area contributed by atoms with Gasteiger partial charge in [-0.1, -0.05) is 67.5 Å². The Morgan fingerprint density at radius 2 is 1.78 bits per heavy atom. The van der Waals surface area contributed by atoms with Crippen LogP contribution in [0.2, 0.25) is 0 Å².